The van der Waals surface area contributed by atoms with Crippen LogP contribution >= 0.6 is 0 Å². The van der Waals surface area contributed by atoms with E-state index in [4.69, 9.17) is 4.74 Å². The zero-order valence-electron chi connectivity index (χ0n) is 12.4. The number of amides is 1. The number of nitrogens with one attached hydrogen (secondary N) is 1. The van der Waals surface area contributed by atoms with Crippen molar-refractivity contribution in [2.75, 3.05) is 14.1 Å². The Morgan fingerprint density at radius 2 is 1.89 bits per heavy atom. The number of para-hydroxylation sites is 1. The van der Waals surface area contributed by atoms with E-state index in [-0.39, 0.29) is 18.1 Å². The highest BCUT2D eigenvalue weighted by molar-refractivity contribution is 5.80. The summed E-state index contributed by atoms with van der Waals surface area (Å²) in [6.07, 6.45) is 0.141. The molecule has 19 heavy (non-hydrogen) atoms. The molecule has 1 aromatic carbocycles. The van der Waals surface area contributed by atoms with Crippen molar-refractivity contribution in [2.24, 2.45) is 0 Å². The van der Waals surface area contributed by atoms with Crippen molar-refractivity contribution in [1.82, 2.24) is 10.2 Å². The summed E-state index contributed by atoms with van der Waals surface area (Å²) < 4.78 is 5.75. The molecule has 4 heteroatoms. The predicted molar refractivity (Wildman–Crippen MR) is 77.2 cm³/mol. The van der Waals surface area contributed by atoms with Crippen LogP contribution in [0.5, 0.6) is 5.75 Å². The summed E-state index contributed by atoms with van der Waals surface area (Å²) in [4.78, 5) is 13.4. The second kappa shape index (κ2) is 7.14. The van der Waals surface area contributed by atoms with Crippen LogP contribution in [0.3, 0.4) is 0 Å². The fourth-order valence-electron chi connectivity index (χ4n) is 1.76. The van der Waals surface area contributed by atoms with Gasteiger partial charge in [0, 0.05) is 26.2 Å². The third-order valence-corrected chi connectivity index (χ3v) is 2.75. The molecule has 0 radical (unpaired) electrons. The number of benzene rings is 1. The van der Waals surface area contributed by atoms with Crippen LogP contribution in [-0.4, -0.2) is 37.0 Å². The number of carbonyl (C=O) groups excluding carboxylic acids is 1. The average Bonchev–Trinajstić information content (AvgIpc) is 2.35. The van der Waals surface area contributed by atoms with Gasteiger partial charge in [0.1, 0.15) is 5.75 Å². The Bertz CT molecular complexity index is 416. The molecule has 0 fully saturated rings. The summed E-state index contributed by atoms with van der Waals surface area (Å²) in [5.74, 6) is 0.941. The van der Waals surface area contributed by atoms with Crippen LogP contribution in [0.1, 0.15) is 26.3 Å². The molecule has 1 atom stereocenters. The maximum atomic E-state index is 11.8. The Labute approximate surface area is 115 Å². The quantitative estimate of drug-likeness (QED) is 0.855. The average molecular weight is 264 g/mol. The molecule has 0 spiro atoms. The Morgan fingerprint density at radius 1 is 1.26 bits per heavy atom. The Kier molecular flexibility index (Phi) is 5.83. The first-order valence-electron chi connectivity index (χ1n) is 6.61. The SMILES string of the molecule is CC(C)Oc1ccccc1CNC(C)C(=O)N(C)C. The number of ether oxygens (including phenoxy) is 1. The smallest absolute Gasteiger partial charge is 0.238 e. The van der Waals surface area contributed by atoms with Gasteiger partial charge in [0.05, 0.1) is 12.1 Å². The first-order valence-corrected chi connectivity index (χ1v) is 6.61. The summed E-state index contributed by atoms with van der Waals surface area (Å²) in [6.45, 7) is 6.49. The first-order chi connectivity index (χ1) is 8.91. The molecule has 1 N–H and O–H groups in total. The van der Waals surface area contributed by atoms with E-state index in [0.717, 1.165) is 11.3 Å². The Morgan fingerprint density at radius 3 is 2.47 bits per heavy atom. The second-order valence-corrected chi connectivity index (χ2v) is 5.11. The molecule has 4 nitrogen and oxygen atoms in total. The van der Waals surface area contributed by atoms with Gasteiger partial charge in [-0.15, -0.1) is 0 Å². The lowest BCUT2D eigenvalue weighted by molar-refractivity contribution is -0.130. The van der Waals surface area contributed by atoms with Crippen LogP contribution < -0.4 is 10.1 Å². The lowest BCUT2D eigenvalue weighted by Gasteiger charge is -2.19. The van der Waals surface area contributed by atoms with Crippen LogP contribution in [0.25, 0.3) is 0 Å². The standard InChI is InChI=1S/C15H24N2O2/c1-11(2)19-14-9-7-6-8-13(14)10-16-12(3)15(18)17(4)5/h6-9,11-12,16H,10H2,1-5H3. The third kappa shape index (κ3) is 4.91. The van der Waals surface area contributed by atoms with Crippen LogP contribution in [0, 0.1) is 0 Å². The van der Waals surface area contributed by atoms with Crippen molar-refractivity contribution in [3.63, 3.8) is 0 Å². The topological polar surface area (TPSA) is 41.6 Å². The van der Waals surface area contributed by atoms with Gasteiger partial charge in [0.2, 0.25) is 5.91 Å². The molecule has 1 amide bonds. The number of hydrogen-bond acceptors (Lipinski definition) is 3. The molecule has 1 unspecified atom stereocenters. The van der Waals surface area contributed by atoms with E-state index in [1.165, 1.54) is 0 Å². The predicted octanol–water partition coefficient (Wildman–Crippen LogP) is 2.04. The van der Waals surface area contributed by atoms with Crippen molar-refractivity contribution >= 4 is 5.91 Å². The van der Waals surface area contributed by atoms with Crippen LogP contribution in [-0.2, 0) is 11.3 Å². The molecular formula is C15H24N2O2. The minimum atomic E-state index is -0.206. The third-order valence-electron chi connectivity index (χ3n) is 2.75. The fraction of sp³-hybridized carbons (Fsp3) is 0.533. The molecule has 0 aliphatic heterocycles. The molecule has 1 aromatic rings. The second-order valence-electron chi connectivity index (χ2n) is 5.11. The van der Waals surface area contributed by atoms with Crippen LogP contribution in [0.15, 0.2) is 24.3 Å². The van der Waals surface area contributed by atoms with E-state index in [0.29, 0.717) is 6.54 Å². The van der Waals surface area contributed by atoms with Gasteiger partial charge in [-0.3, -0.25) is 4.79 Å². The highest BCUT2D eigenvalue weighted by Gasteiger charge is 2.14. The molecule has 0 heterocycles. The maximum Gasteiger partial charge on any atom is 0.238 e. The van der Waals surface area contributed by atoms with Crippen LogP contribution in [0.4, 0.5) is 0 Å². The Balaban J connectivity index is 2.65. The summed E-state index contributed by atoms with van der Waals surface area (Å²) >= 11 is 0. The van der Waals surface area contributed by atoms with Crippen molar-refractivity contribution < 1.29 is 9.53 Å². The van der Waals surface area contributed by atoms with Crippen molar-refractivity contribution in [3.8, 4) is 5.75 Å². The molecule has 0 aromatic heterocycles. The highest BCUT2D eigenvalue weighted by Crippen LogP contribution is 2.19. The fourth-order valence-corrected chi connectivity index (χ4v) is 1.76. The van der Waals surface area contributed by atoms with E-state index < -0.39 is 0 Å². The van der Waals surface area contributed by atoms with Gasteiger partial charge in [-0.2, -0.15) is 0 Å². The summed E-state index contributed by atoms with van der Waals surface area (Å²) in [5, 5.41) is 3.22. The normalized spacial score (nSPS) is 12.3. The number of carbonyl (C=O) groups is 1. The van der Waals surface area contributed by atoms with E-state index in [2.05, 4.69) is 5.32 Å². The van der Waals surface area contributed by atoms with Gasteiger partial charge in [0.25, 0.3) is 0 Å². The largest absolute Gasteiger partial charge is 0.491 e. The van der Waals surface area contributed by atoms with Gasteiger partial charge < -0.3 is 15.0 Å². The number of hydrogen-bond donors (Lipinski definition) is 1. The molecule has 0 aliphatic rings. The van der Waals surface area contributed by atoms with E-state index in [1.807, 2.05) is 45.0 Å². The lowest BCUT2D eigenvalue weighted by atomic mass is 10.2. The monoisotopic (exact) mass is 264 g/mol. The van der Waals surface area contributed by atoms with E-state index in [9.17, 15) is 4.79 Å². The summed E-state index contributed by atoms with van der Waals surface area (Å²) in [5.41, 5.74) is 1.06. The molecule has 0 bridgehead atoms. The molecule has 0 saturated heterocycles. The summed E-state index contributed by atoms with van der Waals surface area (Å²) in [7, 11) is 3.52. The van der Waals surface area contributed by atoms with Crippen LogP contribution in [0.2, 0.25) is 0 Å². The number of nitrogens with zero attached hydrogens (tertiary/aromatic N) is 1. The van der Waals surface area contributed by atoms with Crippen molar-refractivity contribution in [1.29, 1.82) is 0 Å². The first kappa shape index (κ1) is 15.5. The van der Waals surface area contributed by atoms with Gasteiger partial charge in [-0.05, 0) is 26.8 Å². The minimum Gasteiger partial charge on any atom is -0.491 e. The molecule has 0 saturated carbocycles. The van der Waals surface area contributed by atoms with Gasteiger partial charge >= 0.3 is 0 Å². The lowest BCUT2D eigenvalue weighted by Crippen LogP contribution is -2.41. The number of likely N-dealkylation sites (N-methyl/N-ethyl adjacent to an activating group) is 1. The zero-order chi connectivity index (χ0) is 14.4. The van der Waals surface area contributed by atoms with Crippen molar-refractivity contribution in [3.05, 3.63) is 29.8 Å². The molecular weight excluding hydrogens is 240 g/mol. The maximum absolute atomic E-state index is 11.8. The Hall–Kier alpha value is -1.55. The van der Waals surface area contributed by atoms with E-state index in [1.54, 1.807) is 19.0 Å². The molecule has 106 valence electrons. The number of rotatable bonds is 6. The molecule has 0 aliphatic carbocycles. The highest BCUT2D eigenvalue weighted by atomic mass is 16.5. The van der Waals surface area contributed by atoms with Crippen molar-refractivity contribution in [2.45, 2.75) is 39.5 Å². The van der Waals surface area contributed by atoms with Gasteiger partial charge in [-0.25, -0.2) is 0 Å². The minimum absolute atomic E-state index is 0.0715. The van der Waals surface area contributed by atoms with Gasteiger partial charge in [-0.1, -0.05) is 18.2 Å². The summed E-state index contributed by atoms with van der Waals surface area (Å²) in [6, 6.07) is 7.69. The van der Waals surface area contributed by atoms with Gasteiger partial charge in [0.15, 0.2) is 0 Å². The molecule has 1 rings (SSSR count). The zero-order valence-corrected chi connectivity index (χ0v) is 12.4. The van der Waals surface area contributed by atoms with E-state index >= 15 is 0 Å².